The van der Waals surface area contributed by atoms with Crippen LogP contribution >= 0.6 is 39.1 Å². The fourth-order valence-corrected chi connectivity index (χ4v) is 4.17. The first-order chi connectivity index (χ1) is 8.28. The molecule has 2 atom stereocenters. The van der Waals surface area contributed by atoms with Gasteiger partial charge in [-0.1, -0.05) is 23.2 Å². The van der Waals surface area contributed by atoms with Crippen LogP contribution < -0.4 is 4.74 Å². The fraction of sp³-hybridized carbons (Fsp3) is 0.400. The zero-order chi connectivity index (χ0) is 13.5. The van der Waals surface area contributed by atoms with Crippen molar-refractivity contribution in [3.05, 3.63) is 26.7 Å². The van der Waals surface area contributed by atoms with E-state index < -0.39 is 22.0 Å². The molecule has 8 heteroatoms. The lowest BCUT2D eigenvalue weighted by Crippen LogP contribution is -2.29. The van der Waals surface area contributed by atoms with Crippen LogP contribution in [0.3, 0.4) is 0 Å². The summed E-state index contributed by atoms with van der Waals surface area (Å²) < 4.78 is 28.7. The lowest BCUT2D eigenvalue weighted by molar-refractivity contribution is 0.0739. The minimum atomic E-state index is -3.26. The normalized spacial score (nSPS) is 26.2. The second-order valence-corrected chi connectivity index (χ2v) is 7.82. The molecule has 1 aromatic carbocycles. The molecule has 1 N–H and O–H groups in total. The van der Waals surface area contributed by atoms with E-state index in [1.165, 1.54) is 6.07 Å². The molecule has 1 heterocycles. The van der Waals surface area contributed by atoms with Gasteiger partial charge in [-0.3, -0.25) is 0 Å². The van der Waals surface area contributed by atoms with Gasteiger partial charge < -0.3 is 9.84 Å². The average Bonchev–Trinajstić information content (AvgIpc) is 2.48. The Kier molecular flexibility index (Phi) is 4.14. The lowest BCUT2D eigenvalue weighted by Gasteiger charge is -2.17. The summed E-state index contributed by atoms with van der Waals surface area (Å²) in [6.07, 6.45) is -1.86. The van der Waals surface area contributed by atoms with Gasteiger partial charge >= 0.3 is 0 Å². The first kappa shape index (κ1) is 14.4. The average molecular weight is 376 g/mol. The Bertz CT molecular complexity index is 575. The smallest absolute Gasteiger partial charge is 0.156 e. The number of sulfone groups is 1. The third-order valence-electron chi connectivity index (χ3n) is 2.53. The monoisotopic (exact) mass is 374 g/mol. The summed E-state index contributed by atoms with van der Waals surface area (Å²) >= 11 is 15.1. The second-order valence-electron chi connectivity index (χ2n) is 4.00. The topological polar surface area (TPSA) is 63.6 Å². The molecule has 0 saturated carbocycles. The zero-order valence-corrected chi connectivity index (χ0v) is 12.9. The molecule has 0 aromatic heterocycles. The van der Waals surface area contributed by atoms with Gasteiger partial charge in [-0.05, 0) is 22.0 Å². The van der Waals surface area contributed by atoms with Gasteiger partial charge in [0.05, 0.1) is 21.6 Å². The van der Waals surface area contributed by atoms with Crippen molar-refractivity contribution in [1.29, 1.82) is 0 Å². The molecule has 1 fully saturated rings. The zero-order valence-electron chi connectivity index (χ0n) is 8.94. The number of halogens is 3. The molecule has 0 spiro atoms. The predicted octanol–water partition coefficient (Wildman–Crippen LogP) is 2.29. The van der Waals surface area contributed by atoms with Gasteiger partial charge in [-0.15, -0.1) is 0 Å². The van der Waals surface area contributed by atoms with E-state index in [0.29, 0.717) is 14.5 Å². The van der Waals surface area contributed by atoms with Crippen LogP contribution in [0.5, 0.6) is 5.75 Å². The quantitative estimate of drug-likeness (QED) is 0.805. The Morgan fingerprint density at radius 1 is 1.28 bits per heavy atom. The van der Waals surface area contributed by atoms with Crippen molar-refractivity contribution in [3.63, 3.8) is 0 Å². The first-order valence-electron chi connectivity index (χ1n) is 4.98. The largest absolute Gasteiger partial charge is 0.485 e. The summed E-state index contributed by atoms with van der Waals surface area (Å²) in [5.41, 5.74) is 0. The molecule has 1 saturated heterocycles. The van der Waals surface area contributed by atoms with Crippen LogP contribution in [0.4, 0.5) is 0 Å². The predicted molar refractivity (Wildman–Crippen MR) is 73.2 cm³/mol. The number of ether oxygens (including phenoxy) is 1. The maximum Gasteiger partial charge on any atom is 0.156 e. The number of benzene rings is 1. The van der Waals surface area contributed by atoms with Gasteiger partial charge in [0, 0.05) is 10.5 Å². The Hall–Kier alpha value is -0.0100. The van der Waals surface area contributed by atoms with Gasteiger partial charge in [-0.2, -0.15) is 0 Å². The van der Waals surface area contributed by atoms with E-state index in [-0.39, 0.29) is 17.3 Å². The number of aliphatic hydroxyl groups excluding tert-OH is 1. The van der Waals surface area contributed by atoms with E-state index in [0.717, 1.165) is 0 Å². The highest BCUT2D eigenvalue weighted by Crippen LogP contribution is 2.35. The van der Waals surface area contributed by atoms with Gasteiger partial charge in [0.25, 0.3) is 0 Å². The van der Waals surface area contributed by atoms with Crippen LogP contribution in [-0.2, 0) is 9.84 Å². The van der Waals surface area contributed by atoms with E-state index in [1.54, 1.807) is 6.07 Å². The van der Waals surface area contributed by atoms with E-state index in [1.807, 2.05) is 0 Å². The highest BCUT2D eigenvalue weighted by molar-refractivity contribution is 9.10. The standard InChI is InChI=1S/C10H9BrCl2O4S/c11-5-1-7(13)9(2-6(5)12)17-10-4-18(15,16)3-8(10)14/h1-2,8,10,14H,3-4H2. The lowest BCUT2D eigenvalue weighted by atomic mass is 10.2. The highest BCUT2D eigenvalue weighted by atomic mass is 79.9. The third kappa shape index (κ3) is 3.11. The van der Waals surface area contributed by atoms with Crippen molar-refractivity contribution >= 4 is 49.0 Å². The maximum absolute atomic E-state index is 11.3. The first-order valence-corrected chi connectivity index (χ1v) is 8.35. The summed E-state index contributed by atoms with van der Waals surface area (Å²) in [5.74, 6) is -0.261. The summed E-state index contributed by atoms with van der Waals surface area (Å²) in [4.78, 5) is 0. The van der Waals surface area contributed by atoms with E-state index in [2.05, 4.69) is 15.9 Å². The summed E-state index contributed by atoms with van der Waals surface area (Å²) in [6.45, 7) is 0. The molecule has 1 aliphatic rings. The van der Waals surface area contributed by atoms with Crippen LogP contribution in [0, 0.1) is 0 Å². The fourth-order valence-electron chi connectivity index (χ4n) is 1.67. The van der Waals surface area contributed by atoms with Crippen molar-refractivity contribution in [2.75, 3.05) is 11.5 Å². The van der Waals surface area contributed by atoms with E-state index in [4.69, 9.17) is 27.9 Å². The molecule has 0 aliphatic carbocycles. The number of hydrogen-bond acceptors (Lipinski definition) is 4. The minimum absolute atomic E-state index is 0.224. The molecular formula is C10H9BrCl2O4S. The van der Waals surface area contributed by atoms with Crippen molar-refractivity contribution in [1.82, 2.24) is 0 Å². The molecule has 4 nitrogen and oxygen atoms in total. The van der Waals surface area contributed by atoms with Crippen LogP contribution in [0.2, 0.25) is 10.0 Å². The van der Waals surface area contributed by atoms with E-state index >= 15 is 0 Å². The Balaban J connectivity index is 2.23. The van der Waals surface area contributed by atoms with Gasteiger partial charge in [-0.25, -0.2) is 8.42 Å². The molecule has 18 heavy (non-hydrogen) atoms. The molecule has 1 aromatic rings. The molecule has 1 aliphatic heterocycles. The SMILES string of the molecule is O=S1(=O)CC(O)C(Oc2cc(Cl)c(Br)cc2Cl)C1. The Morgan fingerprint density at radius 3 is 2.50 bits per heavy atom. The van der Waals surface area contributed by atoms with Crippen LogP contribution in [-0.4, -0.2) is 37.2 Å². The Labute approximate surface area is 123 Å². The molecule has 2 unspecified atom stereocenters. The molecule has 0 radical (unpaired) electrons. The van der Waals surface area contributed by atoms with Crippen molar-refractivity contribution in [2.24, 2.45) is 0 Å². The summed E-state index contributed by atoms with van der Waals surface area (Å²) in [7, 11) is -3.26. The number of aliphatic hydroxyl groups is 1. The highest BCUT2D eigenvalue weighted by Gasteiger charge is 2.38. The van der Waals surface area contributed by atoms with Crippen LogP contribution in [0.25, 0.3) is 0 Å². The van der Waals surface area contributed by atoms with Crippen LogP contribution in [0.1, 0.15) is 0 Å². The molecule has 0 bridgehead atoms. The Morgan fingerprint density at radius 2 is 1.94 bits per heavy atom. The summed E-state index contributed by atoms with van der Waals surface area (Å²) in [5, 5.41) is 10.3. The van der Waals surface area contributed by atoms with Gasteiger partial charge in [0.1, 0.15) is 18.0 Å². The van der Waals surface area contributed by atoms with Gasteiger partial charge in [0.2, 0.25) is 0 Å². The van der Waals surface area contributed by atoms with E-state index in [9.17, 15) is 13.5 Å². The van der Waals surface area contributed by atoms with Crippen LogP contribution in [0.15, 0.2) is 16.6 Å². The third-order valence-corrected chi connectivity index (χ3v) is 5.70. The minimum Gasteiger partial charge on any atom is -0.485 e. The van der Waals surface area contributed by atoms with Crippen molar-refractivity contribution in [3.8, 4) is 5.75 Å². The molecular weight excluding hydrogens is 367 g/mol. The van der Waals surface area contributed by atoms with Gasteiger partial charge in [0.15, 0.2) is 9.84 Å². The van der Waals surface area contributed by atoms with Crippen molar-refractivity contribution < 1.29 is 18.3 Å². The maximum atomic E-state index is 11.3. The number of rotatable bonds is 2. The second kappa shape index (κ2) is 5.17. The number of hydrogen-bond donors (Lipinski definition) is 1. The van der Waals surface area contributed by atoms with Crippen molar-refractivity contribution in [2.45, 2.75) is 12.2 Å². The summed E-state index contributed by atoms with van der Waals surface area (Å²) in [6, 6.07) is 3.03. The molecule has 2 rings (SSSR count). The molecule has 0 amide bonds. The molecule has 100 valence electrons.